The summed E-state index contributed by atoms with van der Waals surface area (Å²) in [5, 5.41) is 0. The maximum absolute atomic E-state index is 12.4. The monoisotopic (exact) mass is 132 g/mol. The molecule has 0 N–H and O–H groups in total. The SMILES string of the molecule is CC(=O)C(F)CC(C)C. The van der Waals surface area contributed by atoms with Crippen LogP contribution in [-0.4, -0.2) is 12.0 Å². The van der Waals surface area contributed by atoms with E-state index in [0.29, 0.717) is 6.42 Å². The average molecular weight is 132 g/mol. The van der Waals surface area contributed by atoms with Crippen molar-refractivity contribution < 1.29 is 9.18 Å². The Hall–Kier alpha value is -0.400. The highest BCUT2D eigenvalue weighted by molar-refractivity contribution is 5.80. The minimum atomic E-state index is -1.25. The van der Waals surface area contributed by atoms with Crippen LogP contribution in [0, 0.1) is 5.92 Å². The Morgan fingerprint density at radius 2 is 2.00 bits per heavy atom. The average Bonchev–Trinajstić information content (AvgIpc) is 1.63. The van der Waals surface area contributed by atoms with Crippen LogP contribution in [0.3, 0.4) is 0 Å². The van der Waals surface area contributed by atoms with Gasteiger partial charge in [0, 0.05) is 0 Å². The molecule has 0 saturated heterocycles. The predicted octanol–water partition coefficient (Wildman–Crippen LogP) is 1.96. The van der Waals surface area contributed by atoms with Crippen molar-refractivity contribution in [2.45, 2.75) is 33.4 Å². The summed E-state index contributed by atoms with van der Waals surface area (Å²) in [5.74, 6) is -0.0902. The third-order valence-corrected chi connectivity index (χ3v) is 1.12. The van der Waals surface area contributed by atoms with Crippen LogP contribution in [0.2, 0.25) is 0 Å². The van der Waals surface area contributed by atoms with Crippen molar-refractivity contribution in [3.63, 3.8) is 0 Å². The normalized spacial score (nSPS) is 13.9. The highest BCUT2D eigenvalue weighted by atomic mass is 19.1. The summed E-state index contributed by atoms with van der Waals surface area (Å²) in [6.45, 7) is 5.08. The number of alkyl halides is 1. The van der Waals surface area contributed by atoms with Gasteiger partial charge in [0.2, 0.25) is 0 Å². The van der Waals surface area contributed by atoms with Crippen LogP contribution in [0.5, 0.6) is 0 Å². The van der Waals surface area contributed by atoms with Crippen molar-refractivity contribution in [3.8, 4) is 0 Å². The van der Waals surface area contributed by atoms with E-state index in [1.807, 2.05) is 13.8 Å². The van der Waals surface area contributed by atoms with E-state index in [1.165, 1.54) is 6.92 Å². The molecule has 54 valence electrons. The Morgan fingerprint density at radius 1 is 1.56 bits per heavy atom. The van der Waals surface area contributed by atoms with Crippen molar-refractivity contribution in [2.75, 3.05) is 0 Å². The van der Waals surface area contributed by atoms with Gasteiger partial charge in [-0.05, 0) is 19.3 Å². The summed E-state index contributed by atoms with van der Waals surface area (Å²) >= 11 is 0. The molecule has 0 aliphatic carbocycles. The van der Waals surface area contributed by atoms with E-state index >= 15 is 0 Å². The molecule has 0 spiro atoms. The van der Waals surface area contributed by atoms with Crippen molar-refractivity contribution in [1.29, 1.82) is 0 Å². The first-order valence-corrected chi connectivity index (χ1v) is 3.18. The minimum Gasteiger partial charge on any atom is -0.297 e. The lowest BCUT2D eigenvalue weighted by atomic mass is 10.1. The fourth-order valence-electron chi connectivity index (χ4n) is 0.580. The smallest absolute Gasteiger partial charge is 0.163 e. The van der Waals surface area contributed by atoms with Gasteiger partial charge < -0.3 is 0 Å². The first kappa shape index (κ1) is 8.60. The molecule has 0 aliphatic heterocycles. The first-order chi connectivity index (χ1) is 4.04. The number of hydrogen-bond donors (Lipinski definition) is 0. The standard InChI is InChI=1S/C7H13FO/c1-5(2)4-7(8)6(3)9/h5,7H,4H2,1-3H3. The lowest BCUT2D eigenvalue weighted by Gasteiger charge is -2.05. The van der Waals surface area contributed by atoms with E-state index in [0.717, 1.165) is 0 Å². The molecule has 0 aromatic rings. The van der Waals surface area contributed by atoms with Crippen LogP contribution in [0.4, 0.5) is 4.39 Å². The number of ketones is 1. The maximum Gasteiger partial charge on any atom is 0.163 e. The van der Waals surface area contributed by atoms with Gasteiger partial charge in [-0.15, -0.1) is 0 Å². The number of carbonyl (C=O) groups is 1. The van der Waals surface area contributed by atoms with E-state index < -0.39 is 6.17 Å². The van der Waals surface area contributed by atoms with Crippen LogP contribution in [0.1, 0.15) is 27.2 Å². The number of halogens is 1. The summed E-state index contributed by atoms with van der Waals surface area (Å²) in [4.78, 5) is 10.3. The molecule has 0 aromatic carbocycles. The van der Waals surface area contributed by atoms with Gasteiger partial charge in [0.1, 0.15) is 0 Å². The first-order valence-electron chi connectivity index (χ1n) is 3.18. The van der Waals surface area contributed by atoms with Gasteiger partial charge in [-0.2, -0.15) is 0 Å². The van der Waals surface area contributed by atoms with Crippen LogP contribution in [0.15, 0.2) is 0 Å². The largest absolute Gasteiger partial charge is 0.297 e. The van der Waals surface area contributed by atoms with E-state index in [-0.39, 0.29) is 11.7 Å². The van der Waals surface area contributed by atoms with Crippen LogP contribution in [0.25, 0.3) is 0 Å². The zero-order chi connectivity index (χ0) is 7.44. The molecule has 0 aromatic heterocycles. The molecule has 0 rings (SSSR count). The lowest BCUT2D eigenvalue weighted by Crippen LogP contribution is -2.13. The second-order valence-electron chi connectivity index (χ2n) is 2.71. The fourth-order valence-corrected chi connectivity index (χ4v) is 0.580. The van der Waals surface area contributed by atoms with Crippen molar-refractivity contribution >= 4 is 5.78 Å². The summed E-state index contributed by atoms with van der Waals surface area (Å²) in [6, 6.07) is 0. The highest BCUT2D eigenvalue weighted by Crippen LogP contribution is 2.07. The Kier molecular flexibility index (Phi) is 3.43. The quantitative estimate of drug-likeness (QED) is 0.573. The molecule has 0 saturated carbocycles. The second-order valence-corrected chi connectivity index (χ2v) is 2.71. The van der Waals surface area contributed by atoms with Gasteiger partial charge in [-0.25, -0.2) is 4.39 Å². The van der Waals surface area contributed by atoms with Crippen LogP contribution < -0.4 is 0 Å². The summed E-state index contributed by atoms with van der Waals surface area (Å²) < 4.78 is 12.4. The summed E-state index contributed by atoms with van der Waals surface area (Å²) in [7, 11) is 0. The number of Topliss-reactive ketones (excluding diaryl/α,β-unsaturated/α-hetero) is 1. The third kappa shape index (κ3) is 4.13. The molecule has 0 fully saturated rings. The van der Waals surface area contributed by atoms with Gasteiger partial charge >= 0.3 is 0 Å². The lowest BCUT2D eigenvalue weighted by molar-refractivity contribution is -0.122. The molecule has 0 heterocycles. The predicted molar refractivity (Wildman–Crippen MR) is 35.0 cm³/mol. The van der Waals surface area contributed by atoms with Gasteiger partial charge in [-0.3, -0.25) is 4.79 Å². The molecule has 1 nitrogen and oxygen atoms in total. The molecule has 9 heavy (non-hydrogen) atoms. The summed E-state index contributed by atoms with van der Waals surface area (Å²) in [6.07, 6.45) is -0.889. The molecule has 0 radical (unpaired) electrons. The van der Waals surface area contributed by atoms with E-state index in [2.05, 4.69) is 0 Å². The van der Waals surface area contributed by atoms with Gasteiger partial charge in [0.05, 0.1) is 0 Å². The van der Waals surface area contributed by atoms with Gasteiger partial charge in [-0.1, -0.05) is 13.8 Å². The number of rotatable bonds is 3. The number of hydrogen-bond acceptors (Lipinski definition) is 1. The fraction of sp³-hybridized carbons (Fsp3) is 0.857. The Bertz CT molecular complexity index is 99.1. The van der Waals surface area contributed by atoms with E-state index in [9.17, 15) is 9.18 Å². The zero-order valence-electron chi connectivity index (χ0n) is 6.15. The van der Waals surface area contributed by atoms with Crippen molar-refractivity contribution in [2.24, 2.45) is 5.92 Å². The molecule has 1 unspecified atom stereocenters. The van der Waals surface area contributed by atoms with E-state index in [1.54, 1.807) is 0 Å². The van der Waals surface area contributed by atoms with Crippen LogP contribution >= 0.6 is 0 Å². The van der Waals surface area contributed by atoms with Crippen molar-refractivity contribution in [3.05, 3.63) is 0 Å². The van der Waals surface area contributed by atoms with Crippen molar-refractivity contribution in [1.82, 2.24) is 0 Å². The van der Waals surface area contributed by atoms with Gasteiger partial charge in [0.25, 0.3) is 0 Å². The molecule has 0 aliphatic rings. The van der Waals surface area contributed by atoms with Gasteiger partial charge in [0.15, 0.2) is 12.0 Å². The Balaban J connectivity index is 3.50. The molecule has 0 amide bonds. The molecule has 0 bridgehead atoms. The summed E-state index contributed by atoms with van der Waals surface area (Å²) in [5.41, 5.74) is 0. The Morgan fingerprint density at radius 3 is 2.11 bits per heavy atom. The van der Waals surface area contributed by atoms with E-state index in [4.69, 9.17) is 0 Å². The number of carbonyl (C=O) groups excluding carboxylic acids is 1. The molecular formula is C7H13FO. The van der Waals surface area contributed by atoms with Crippen LogP contribution in [-0.2, 0) is 4.79 Å². The molecule has 2 heteroatoms. The topological polar surface area (TPSA) is 17.1 Å². The zero-order valence-corrected chi connectivity index (χ0v) is 6.15. The highest BCUT2D eigenvalue weighted by Gasteiger charge is 2.12. The Labute approximate surface area is 55.3 Å². The maximum atomic E-state index is 12.4. The second kappa shape index (κ2) is 3.59. The minimum absolute atomic E-state index is 0.267. The molecule has 1 atom stereocenters. The third-order valence-electron chi connectivity index (χ3n) is 1.12. The molecular weight excluding hydrogens is 119 g/mol.